The summed E-state index contributed by atoms with van der Waals surface area (Å²) >= 11 is 0. The molecule has 3 aliphatic heterocycles. The van der Waals surface area contributed by atoms with Crippen LogP contribution < -0.4 is 15.6 Å². The van der Waals surface area contributed by atoms with Crippen molar-refractivity contribution in [3.63, 3.8) is 0 Å². The Kier molecular flexibility index (Phi) is 7.76. The molecule has 1 aliphatic carbocycles. The fourth-order valence-electron chi connectivity index (χ4n) is 6.89. The van der Waals surface area contributed by atoms with Crippen molar-refractivity contribution in [2.75, 3.05) is 38.1 Å². The number of carbonyl (C=O) groups is 1. The number of ether oxygens (including phenoxy) is 1. The van der Waals surface area contributed by atoms with E-state index in [0.29, 0.717) is 29.9 Å². The zero-order valence-corrected chi connectivity index (χ0v) is 25.6. The number of piperidine rings is 1. The van der Waals surface area contributed by atoms with Gasteiger partial charge in [0.05, 0.1) is 22.6 Å². The Hall–Kier alpha value is -3.95. The van der Waals surface area contributed by atoms with Crippen molar-refractivity contribution in [3.8, 4) is 5.75 Å². The van der Waals surface area contributed by atoms with E-state index in [2.05, 4.69) is 20.1 Å². The Labute approximate surface area is 258 Å². The number of hydrogen-bond acceptors (Lipinski definition) is 7. The maximum Gasteiger partial charge on any atom is 0.259 e. The lowest BCUT2D eigenvalue weighted by Gasteiger charge is -2.36. The number of aliphatic hydroxyl groups is 1. The molecular formula is C35H41N5O4. The highest BCUT2D eigenvalue weighted by molar-refractivity contribution is 6.10. The minimum absolute atomic E-state index is 0.119. The van der Waals surface area contributed by atoms with Gasteiger partial charge in [0, 0.05) is 56.9 Å². The molecule has 2 fully saturated rings. The highest BCUT2D eigenvalue weighted by Gasteiger charge is 2.37. The summed E-state index contributed by atoms with van der Waals surface area (Å²) in [4.78, 5) is 38.8. The molecular weight excluding hydrogens is 554 g/mol. The molecule has 230 valence electrons. The number of benzene rings is 2. The van der Waals surface area contributed by atoms with E-state index in [1.54, 1.807) is 12.3 Å². The number of fused-ring (bicyclic) bond motifs is 2. The van der Waals surface area contributed by atoms with Crippen LogP contribution in [0.15, 0.2) is 52.4 Å². The lowest BCUT2D eigenvalue weighted by molar-refractivity contribution is 0.0593. The number of aromatic amines is 1. The van der Waals surface area contributed by atoms with E-state index in [0.717, 1.165) is 71.1 Å². The number of pyridine rings is 1. The van der Waals surface area contributed by atoms with E-state index >= 15 is 0 Å². The van der Waals surface area contributed by atoms with Gasteiger partial charge in [-0.1, -0.05) is 17.7 Å². The summed E-state index contributed by atoms with van der Waals surface area (Å²) in [6.07, 6.45) is 6.09. The number of hydrogen-bond donors (Lipinski definition) is 3. The van der Waals surface area contributed by atoms with Gasteiger partial charge in [-0.15, -0.1) is 0 Å². The van der Waals surface area contributed by atoms with E-state index < -0.39 is 6.10 Å². The van der Waals surface area contributed by atoms with Gasteiger partial charge in [-0.2, -0.15) is 0 Å². The van der Waals surface area contributed by atoms with Gasteiger partial charge < -0.3 is 29.9 Å². The predicted octanol–water partition coefficient (Wildman–Crippen LogP) is 4.35. The maximum atomic E-state index is 13.5. The van der Waals surface area contributed by atoms with Crippen molar-refractivity contribution >= 4 is 23.0 Å². The van der Waals surface area contributed by atoms with Crippen LogP contribution in [0.5, 0.6) is 5.75 Å². The van der Waals surface area contributed by atoms with Crippen LogP contribution in [0.4, 0.5) is 11.4 Å². The average Bonchev–Trinajstić information content (AvgIpc) is 3.64. The molecule has 7 rings (SSSR count). The molecule has 0 unspecified atom stereocenters. The number of nitrogens with one attached hydrogen (secondary N) is 2. The van der Waals surface area contributed by atoms with E-state index in [1.165, 1.54) is 19.4 Å². The van der Waals surface area contributed by atoms with Crippen molar-refractivity contribution in [1.82, 2.24) is 14.8 Å². The maximum absolute atomic E-state index is 13.5. The molecule has 2 aromatic carbocycles. The number of amides is 1. The topological polar surface area (TPSA) is 110 Å². The van der Waals surface area contributed by atoms with Crippen molar-refractivity contribution in [2.24, 2.45) is 10.9 Å². The van der Waals surface area contributed by atoms with Crippen LogP contribution in [0, 0.1) is 19.8 Å². The normalized spacial score (nSPS) is 19.1. The molecule has 1 saturated carbocycles. The second kappa shape index (κ2) is 11.9. The summed E-state index contributed by atoms with van der Waals surface area (Å²) < 4.78 is 5.84. The van der Waals surface area contributed by atoms with Gasteiger partial charge in [-0.25, -0.2) is 0 Å². The molecule has 4 aliphatic rings. The molecule has 1 aromatic heterocycles. The van der Waals surface area contributed by atoms with Gasteiger partial charge >= 0.3 is 0 Å². The number of nitrogens with zero attached hydrogens (tertiary/aromatic N) is 3. The molecule has 44 heavy (non-hydrogen) atoms. The molecule has 1 atom stereocenters. The summed E-state index contributed by atoms with van der Waals surface area (Å²) in [5.74, 6) is 1.76. The van der Waals surface area contributed by atoms with Gasteiger partial charge in [-0.05, 0) is 86.4 Å². The number of rotatable bonds is 10. The third-order valence-corrected chi connectivity index (χ3v) is 9.50. The highest BCUT2D eigenvalue weighted by Crippen LogP contribution is 2.38. The molecule has 9 heteroatoms. The van der Waals surface area contributed by atoms with Crippen molar-refractivity contribution < 1.29 is 14.6 Å². The second-order valence-electron chi connectivity index (χ2n) is 13.0. The van der Waals surface area contributed by atoms with Gasteiger partial charge in [0.2, 0.25) is 0 Å². The molecule has 0 spiro atoms. The van der Waals surface area contributed by atoms with Crippen LogP contribution in [0.2, 0.25) is 0 Å². The number of carbonyl (C=O) groups excluding carboxylic acids is 1. The summed E-state index contributed by atoms with van der Waals surface area (Å²) in [5, 5.41) is 13.9. The fourth-order valence-corrected chi connectivity index (χ4v) is 6.89. The lowest BCUT2D eigenvalue weighted by atomic mass is 10.00. The Morgan fingerprint density at radius 3 is 2.66 bits per heavy atom. The van der Waals surface area contributed by atoms with Crippen LogP contribution in [0.25, 0.3) is 0 Å². The van der Waals surface area contributed by atoms with E-state index in [1.807, 2.05) is 44.2 Å². The second-order valence-corrected chi connectivity index (χ2v) is 13.0. The Bertz CT molecular complexity index is 1670. The number of anilines is 1. The van der Waals surface area contributed by atoms with E-state index in [-0.39, 0.29) is 30.7 Å². The van der Waals surface area contributed by atoms with E-state index in [4.69, 9.17) is 9.73 Å². The number of H-pyrrole nitrogens is 1. The zero-order chi connectivity index (χ0) is 30.4. The summed E-state index contributed by atoms with van der Waals surface area (Å²) in [5.41, 5.74) is 7.22. The van der Waals surface area contributed by atoms with Crippen LogP contribution in [-0.2, 0) is 13.0 Å². The quantitative estimate of drug-likeness (QED) is 0.322. The first kappa shape index (κ1) is 28.8. The van der Waals surface area contributed by atoms with Crippen molar-refractivity contribution in [1.29, 1.82) is 0 Å². The van der Waals surface area contributed by atoms with Gasteiger partial charge in [0.1, 0.15) is 18.5 Å². The Morgan fingerprint density at radius 2 is 1.89 bits per heavy atom. The number of aryl methyl sites for hydroxylation is 2. The first-order valence-electron chi connectivity index (χ1n) is 15.9. The molecule has 0 bridgehead atoms. The number of aliphatic hydroxyl groups excluding tert-OH is 1. The molecule has 3 aromatic rings. The van der Waals surface area contributed by atoms with Crippen LogP contribution in [-0.4, -0.2) is 76.4 Å². The minimum atomic E-state index is -0.784. The Morgan fingerprint density at radius 1 is 1.07 bits per heavy atom. The third-order valence-electron chi connectivity index (χ3n) is 9.50. The van der Waals surface area contributed by atoms with Crippen LogP contribution >= 0.6 is 0 Å². The number of likely N-dealkylation sites (tertiary alicyclic amines) is 1. The highest BCUT2D eigenvalue weighted by atomic mass is 16.5. The first-order chi connectivity index (χ1) is 21.3. The Balaban J connectivity index is 1.01. The average molecular weight is 596 g/mol. The molecule has 0 radical (unpaired) electrons. The summed E-state index contributed by atoms with van der Waals surface area (Å²) in [6.45, 7) is 8.34. The van der Waals surface area contributed by atoms with E-state index in [9.17, 15) is 14.7 Å². The fraction of sp³-hybridized carbons (Fsp3) is 0.457. The minimum Gasteiger partial charge on any atom is -0.491 e. The van der Waals surface area contributed by atoms with Crippen LogP contribution in [0.3, 0.4) is 0 Å². The molecule has 3 N–H and O–H groups in total. The van der Waals surface area contributed by atoms with Gasteiger partial charge in [-0.3, -0.25) is 14.6 Å². The summed E-state index contributed by atoms with van der Waals surface area (Å²) in [7, 11) is 0. The standard InChI is InChI=1S/C35H41N5O4/c1-21-3-6-32(22(2)13-21)44-20-27(41)17-37-29-7-10-36-34(42)33(29)31-15-24-14-28-25(16-30(24)38-31)19-40(35(28)43)26-8-11-39(12-9-26)18-23-4-5-23/h3,6-7,10,13-14,16,23,26-27,41H,4-5,8-9,11-12,15,17-20H2,1-2H3,(H2,36,37,42)/t27-/m1/s1. The predicted molar refractivity (Wildman–Crippen MR) is 171 cm³/mol. The zero-order valence-electron chi connectivity index (χ0n) is 25.6. The number of aromatic nitrogens is 1. The van der Waals surface area contributed by atoms with Crippen molar-refractivity contribution in [3.05, 3.63) is 86.3 Å². The van der Waals surface area contributed by atoms with Gasteiger partial charge in [0.15, 0.2) is 0 Å². The van der Waals surface area contributed by atoms with Crippen LogP contribution in [0.1, 0.15) is 63.9 Å². The van der Waals surface area contributed by atoms with Crippen molar-refractivity contribution in [2.45, 2.75) is 64.6 Å². The monoisotopic (exact) mass is 595 g/mol. The molecule has 9 nitrogen and oxygen atoms in total. The smallest absolute Gasteiger partial charge is 0.259 e. The SMILES string of the molecule is Cc1ccc(OC[C@H](O)CNc2cc[nH]c(=O)c2C2=Nc3cc4c(cc3C2)C(=O)N(C2CCN(CC3CC3)CC2)C4)c(C)c1. The molecule has 4 heterocycles. The largest absolute Gasteiger partial charge is 0.491 e. The molecule has 1 amide bonds. The van der Waals surface area contributed by atoms with Gasteiger partial charge in [0.25, 0.3) is 11.5 Å². The summed E-state index contributed by atoms with van der Waals surface area (Å²) in [6, 6.07) is 12.0. The molecule has 1 saturated heterocycles. The number of aliphatic imine (C=N–C) groups is 1. The third kappa shape index (κ3) is 5.90. The first-order valence-corrected chi connectivity index (χ1v) is 15.9. The lowest BCUT2D eigenvalue weighted by Crippen LogP contribution is -2.45.